The highest BCUT2D eigenvalue weighted by molar-refractivity contribution is 7.17. The van der Waals surface area contributed by atoms with Crippen LogP contribution < -0.4 is 5.32 Å². The minimum atomic E-state index is -0.397. The van der Waals surface area contributed by atoms with Crippen LogP contribution in [0.3, 0.4) is 0 Å². The highest BCUT2D eigenvalue weighted by Gasteiger charge is 2.26. The lowest BCUT2D eigenvalue weighted by atomic mass is 9.99. The van der Waals surface area contributed by atoms with Gasteiger partial charge in [-0.15, -0.1) is 11.3 Å². The van der Waals surface area contributed by atoms with E-state index in [1.807, 2.05) is 6.92 Å². The van der Waals surface area contributed by atoms with Crippen molar-refractivity contribution in [1.29, 1.82) is 5.26 Å². The third-order valence-electron chi connectivity index (χ3n) is 4.44. The SMILES string of the molecule is CCCc1ccc(-c2c(C)sc(NC(=O)[C@H]3CCCO3)c2C#N)cc1. The number of nitrogens with zero attached hydrogens (tertiary/aromatic N) is 1. The van der Waals surface area contributed by atoms with E-state index in [9.17, 15) is 10.1 Å². The summed E-state index contributed by atoms with van der Waals surface area (Å²) in [5.74, 6) is -0.153. The second kappa shape index (κ2) is 7.81. The molecule has 4 nitrogen and oxygen atoms in total. The zero-order valence-corrected chi connectivity index (χ0v) is 15.4. The molecule has 1 aliphatic heterocycles. The molecular weight excluding hydrogens is 332 g/mol. The fourth-order valence-corrected chi connectivity index (χ4v) is 4.22. The van der Waals surface area contributed by atoms with E-state index in [0.717, 1.165) is 41.7 Å². The number of thiophene rings is 1. The Morgan fingerprint density at radius 3 is 2.76 bits per heavy atom. The number of carbonyl (C=O) groups is 1. The first kappa shape index (κ1) is 17.7. The van der Waals surface area contributed by atoms with Gasteiger partial charge in [-0.1, -0.05) is 37.6 Å². The summed E-state index contributed by atoms with van der Waals surface area (Å²) >= 11 is 1.45. The van der Waals surface area contributed by atoms with Gasteiger partial charge < -0.3 is 10.1 Å². The Hall–Kier alpha value is -2.16. The van der Waals surface area contributed by atoms with Gasteiger partial charge in [0.15, 0.2) is 0 Å². The molecule has 1 amide bonds. The minimum Gasteiger partial charge on any atom is -0.368 e. The van der Waals surface area contributed by atoms with Crippen molar-refractivity contribution in [2.75, 3.05) is 11.9 Å². The van der Waals surface area contributed by atoms with Crippen LogP contribution in [0.1, 0.15) is 42.2 Å². The Labute approximate surface area is 152 Å². The lowest BCUT2D eigenvalue weighted by molar-refractivity contribution is -0.124. The summed E-state index contributed by atoms with van der Waals surface area (Å²) in [5, 5.41) is 13.2. The molecule has 0 aliphatic carbocycles. The van der Waals surface area contributed by atoms with Crippen LogP contribution in [0, 0.1) is 18.3 Å². The topological polar surface area (TPSA) is 62.1 Å². The van der Waals surface area contributed by atoms with E-state index in [2.05, 4.69) is 42.6 Å². The number of nitriles is 1. The Morgan fingerprint density at radius 2 is 2.16 bits per heavy atom. The summed E-state index contributed by atoms with van der Waals surface area (Å²) in [6, 6.07) is 10.6. The number of rotatable bonds is 5. The Bertz CT molecular complexity index is 796. The van der Waals surface area contributed by atoms with Gasteiger partial charge in [0.25, 0.3) is 5.91 Å². The molecule has 1 fully saturated rings. The first-order valence-corrected chi connectivity index (χ1v) is 9.51. The van der Waals surface area contributed by atoms with Gasteiger partial charge in [-0.05, 0) is 37.3 Å². The number of benzene rings is 1. The lowest BCUT2D eigenvalue weighted by Crippen LogP contribution is -2.26. The van der Waals surface area contributed by atoms with Crippen molar-refractivity contribution >= 4 is 22.2 Å². The number of hydrogen-bond donors (Lipinski definition) is 1. The van der Waals surface area contributed by atoms with Crippen LogP contribution in [0.2, 0.25) is 0 Å². The maximum atomic E-state index is 12.3. The van der Waals surface area contributed by atoms with Crippen molar-refractivity contribution in [2.45, 2.75) is 45.6 Å². The molecule has 0 bridgehead atoms. The molecular formula is C20H22N2O2S. The van der Waals surface area contributed by atoms with E-state index < -0.39 is 6.10 Å². The quantitative estimate of drug-likeness (QED) is 0.849. The van der Waals surface area contributed by atoms with Crippen molar-refractivity contribution in [3.8, 4) is 17.2 Å². The van der Waals surface area contributed by atoms with Crippen LogP contribution in [-0.2, 0) is 16.0 Å². The Balaban J connectivity index is 1.88. The largest absolute Gasteiger partial charge is 0.368 e. The molecule has 0 radical (unpaired) electrons. The summed E-state index contributed by atoms with van der Waals surface area (Å²) in [7, 11) is 0. The predicted octanol–water partition coefficient (Wildman–Crippen LogP) is 4.67. The molecule has 5 heteroatoms. The molecule has 1 saturated heterocycles. The smallest absolute Gasteiger partial charge is 0.254 e. The van der Waals surface area contributed by atoms with Crippen LogP contribution in [0.15, 0.2) is 24.3 Å². The summed E-state index contributed by atoms with van der Waals surface area (Å²) in [6.45, 7) is 4.78. The standard InChI is InChI=1S/C20H22N2O2S/c1-3-5-14-7-9-15(10-8-14)18-13(2)25-20(16(18)12-21)22-19(23)17-6-4-11-24-17/h7-10,17H,3-6,11H2,1-2H3,(H,22,23)/t17-/m1/s1. The van der Waals surface area contributed by atoms with Crippen LogP contribution >= 0.6 is 11.3 Å². The molecule has 0 saturated carbocycles. The fraction of sp³-hybridized carbons (Fsp3) is 0.400. The molecule has 1 N–H and O–H groups in total. The van der Waals surface area contributed by atoms with Crippen molar-refractivity contribution in [3.05, 3.63) is 40.3 Å². The number of ether oxygens (including phenoxy) is 1. The maximum Gasteiger partial charge on any atom is 0.254 e. The summed E-state index contributed by atoms with van der Waals surface area (Å²) in [5.41, 5.74) is 3.77. The van der Waals surface area contributed by atoms with Crippen LogP contribution in [0.4, 0.5) is 5.00 Å². The van der Waals surface area contributed by atoms with E-state index in [4.69, 9.17) is 4.74 Å². The van der Waals surface area contributed by atoms with E-state index in [-0.39, 0.29) is 5.91 Å². The Morgan fingerprint density at radius 1 is 1.40 bits per heavy atom. The third-order valence-corrected chi connectivity index (χ3v) is 5.46. The zero-order chi connectivity index (χ0) is 17.8. The van der Waals surface area contributed by atoms with Crippen molar-refractivity contribution < 1.29 is 9.53 Å². The van der Waals surface area contributed by atoms with E-state index in [1.54, 1.807) is 0 Å². The summed E-state index contributed by atoms with van der Waals surface area (Å²) in [4.78, 5) is 13.3. The molecule has 0 unspecified atom stereocenters. The number of amides is 1. The number of hydrogen-bond acceptors (Lipinski definition) is 4. The van der Waals surface area contributed by atoms with E-state index in [1.165, 1.54) is 16.9 Å². The summed E-state index contributed by atoms with van der Waals surface area (Å²) in [6.07, 6.45) is 3.41. The first-order valence-electron chi connectivity index (χ1n) is 8.69. The van der Waals surface area contributed by atoms with Crippen molar-refractivity contribution in [3.63, 3.8) is 0 Å². The highest BCUT2D eigenvalue weighted by Crippen LogP contribution is 2.39. The van der Waals surface area contributed by atoms with Gasteiger partial charge in [-0.2, -0.15) is 5.26 Å². The molecule has 2 heterocycles. The second-order valence-electron chi connectivity index (χ2n) is 6.29. The molecule has 1 atom stereocenters. The highest BCUT2D eigenvalue weighted by atomic mass is 32.1. The predicted molar refractivity (Wildman–Crippen MR) is 101 cm³/mol. The van der Waals surface area contributed by atoms with E-state index >= 15 is 0 Å². The first-order chi connectivity index (χ1) is 12.1. The molecule has 0 spiro atoms. The normalized spacial score (nSPS) is 16.6. The van der Waals surface area contributed by atoms with Crippen LogP contribution in [-0.4, -0.2) is 18.6 Å². The molecule has 130 valence electrons. The maximum absolute atomic E-state index is 12.3. The molecule has 1 aromatic heterocycles. The summed E-state index contributed by atoms with van der Waals surface area (Å²) < 4.78 is 5.43. The van der Waals surface area contributed by atoms with Gasteiger partial charge >= 0.3 is 0 Å². The van der Waals surface area contributed by atoms with Gasteiger partial charge in [-0.3, -0.25) is 4.79 Å². The van der Waals surface area contributed by atoms with Gasteiger partial charge in [0.05, 0.1) is 5.56 Å². The number of nitrogens with one attached hydrogen (secondary N) is 1. The zero-order valence-electron chi connectivity index (χ0n) is 14.6. The fourth-order valence-electron chi connectivity index (χ4n) is 3.19. The molecule has 1 aromatic carbocycles. The minimum absolute atomic E-state index is 0.153. The van der Waals surface area contributed by atoms with Crippen LogP contribution in [0.5, 0.6) is 0 Å². The average Bonchev–Trinajstić information content (AvgIpc) is 3.24. The van der Waals surface area contributed by atoms with E-state index in [0.29, 0.717) is 17.2 Å². The van der Waals surface area contributed by atoms with Gasteiger partial charge in [0, 0.05) is 17.0 Å². The monoisotopic (exact) mass is 354 g/mol. The van der Waals surface area contributed by atoms with Gasteiger partial charge in [-0.25, -0.2) is 0 Å². The van der Waals surface area contributed by atoms with Crippen molar-refractivity contribution in [1.82, 2.24) is 0 Å². The number of carbonyl (C=O) groups excluding carboxylic acids is 1. The number of anilines is 1. The van der Waals surface area contributed by atoms with Crippen LogP contribution in [0.25, 0.3) is 11.1 Å². The van der Waals surface area contributed by atoms with Gasteiger partial charge in [0.1, 0.15) is 17.2 Å². The average molecular weight is 354 g/mol. The molecule has 1 aliphatic rings. The number of aryl methyl sites for hydroxylation is 2. The molecule has 3 rings (SSSR count). The Kier molecular flexibility index (Phi) is 5.52. The lowest BCUT2D eigenvalue weighted by Gasteiger charge is -2.09. The molecule has 2 aromatic rings. The van der Waals surface area contributed by atoms with Crippen molar-refractivity contribution in [2.24, 2.45) is 0 Å². The molecule has 25 heavy (non-hydrogen) atoms. The third kappa shape index (κ3) is 3.76. The second-order valence-corrected chi connectivity index (χ2v) is 7.51. The van der Waals surface area contributed by atoms with Gasteiger partial charge in [0.2, 0.25) is 0 Å².